The third-order valence-electron chi connectivity index (χ3n) is 4.84. The van der Waals surface area contributed by atoms with Gasteiger partial charge in [0.05, 0.1) is 18.4 Å². The van der Waals surface area contributed by atoms with Crippen LogP contribution >= 0.6 is 0 Å². The maximum Gasteiger partial charge on any atom is 0.359 e. The fourth-order valence-corrected chi connectivity index (χ4v) is 3.39. The fourth-order valence-electron chi connectivity index (χ4n) is 3.39. The van der Waals surface area contributed by atoms with Crippen LogP contribution in [0.3, 0.4) is 0 Å². The molecule has 0 atom stereocenters. The maximum absolute atomic E-state index is 13.2. The number of allylic oxidation sites excluding steroid dienone is 2. The van der Waals surface area contributed by atoms with E-state index in [2.05, 4.69) is 10.2 Å². The highest BCUT2D eigenvalue weighted by Gasteiger charge is 2.35. The van der Waals surface area contributed by atoms with E-state index in [-0.39, 0.29) is 22.6 Å². The molecule has 0 amide bonds. The van der Waals surface area contributed by atoms with E-state index in [9.17, 15) is 14.7 Å². The summed E-state index contributed by atoms with van der Waals surface area (Å²) in [5.74, 6) is -1.39. The van der Waals surface area contributed by atoms with Gasteiger partial charge in [0.2, 0.25) is 0 Å². The largest absolute Gasteiger partial charge is 0.507 e. The number of methoxy groups -OCH3 is 1. The molecule has 3 aromatic rings. The molecule has 0 spiro atoms. The van der Waals surface area contributed by atoms with Gasteiger partial charge >= 0.3 is 5.97 Å². The minimum Gasteiger partial charge on any atom is -0.507 e. The number of Topliss-reactive ketones (excluding diaryl/α,β-unsaturated/α-hetero) is 1. The molecule has 0 aromatic heterocycles. The summed E-state index contributed by atoms with van der Waals surface area (Å²) in [5.41, 5.74) is 1.77. The lowest BCUT2D eigenvalue weighted by Crippen LogP contribution is -2.10. The lowest BCUT2D eigenvalue weighted by atomic mass is 9.93. The summed E-state index contributed by atoms with van der Waals surface area (Å²) in [7, 11) is 1.22. The molecule has 152 valence electrons. The second-order valence-corrected chi connectivity index (χ2v) is 6.72. The number of benzene rings is 3. The molecule has 0 saturated carbocycles. The summed E-state index contributed by atoms with van der Waals surface area (Å²) in [6.07, 6.45) is 0. The van der Waals surface area contributed by atoms with Crippen molar-refractivity contribution in [3.05, 3.63) is 113 Å². The van der Waals surface area contributed by atoms with E-state index in [0.29, 0.717) is 22.4 Å². The Labute approximate surface area is 178 Å². The van der Waals surface area contributed by atoms with Crippen LogP contribution in [0.15, 0.2) is 106 Å². The summed E-state index contributed by atoms with van der Waals surface area (Å²) in [6, 6.07) is 24.4. The number of hydrogen-bond donors (Lipinski definition) is 1. The molecule has 4 rings (SSSR count). The van der Waals surface area contributed by atoms with Gasteiger partial charge in [-0.2, -0.15) is 5.11 Å². The number of carbonyl (C=O) groups excluding carboxylic acids is 2. The first-order chi connectivity index (χ1) is 15.1. The molecule has 1 N–H and O–H groups in total. The van der Waals surface area contributed by atoms with Gasteiger partial charge < -0.3 is 9.84 Å². The molecule has 1 aliphatic rings. The van der Waals surface area contributed by atoms with Gasteiger partial charge in [-0.15, -0.1) is 5.11 Å². The van der Waals surface area contributed by atoms with E-state index in [1.54, 1.807) is 72.8 Å². The number of aliphatic hydroxyl groups excluding tert-OH is 1. The van der Waals surface area contributed by atoms with Gasteiger partial charge in [-0.05, 0) is 17.7 Å². The normalized spacial score (nSPS) is 13.9. The Hall–Kier alpha value is -4.32. The number of carbonyl (C=O) groups is 2. The zero-order chi connectivity index (χ0) is 21.8. The number of rotatable bonds is 5. The molecule has 3 aromatic carbocycles. The molecule has 31 heavy (non-hydrogen) atoms. The van der Waals surface area contributed by atoms with Crippen LogP contribution in [-0.4, -0.2) is 24.0 Å². The molecular formula is C25H18N2O4. The standard InChI is InChI=1S/C25H18N2O4/c1-31-25(30)22(27-26-17-12-6-3-7-13-17)20(16-10-4-2-5-11-16)21-23(28)18-14-8-9-15-19(18)24(21)29/h2-15,28H,1H3/b22-20-,27-26?. The van der Waals surface area contributed by atoms with Crippen molar-refractivity contribution in [2.24, 2.45) is 10.2 Å². The Kier molecular flexibility index (Phi) is 5.53. The third-order valence-corrected chi connectivity index (χ3v) is 4.84. The molecule has 0 unspecified atom stereocenters. The lowest BCUT2D eigenvalue weighted by Gasteiger charge is -2.12. The summed E-state index contributed by atoms with van der Waals surface area (Å²) in [4.78, 5) is 26.0. The van der Waals surface area contributed by atoms with Crippen molar-refractivity contribution in [1.29, 1.82) is 0 Å². The Balaban J connectivity index is 1.99. The van der Waals surface area contributed by atoms with Crippen molar-refractivity contribution < 1.29 is 19.4 Å². The molecule has 6 heteroatoms. The van der Waals surface area contributed by atoms with Gasteiger partial charge in [-0.3, -0.25) is 4.79 Å². The lowest BCUT2D eigenvalue weighted by molar-refractivity contribution is -0.136. The highest BCUT2D eigenvalue weighted by Crippen LogP contribution is 2.40. The molecule has 0 heterocycles. The van der Waals surface area contributed by atoms with Crippen LogP contribution in [-0.2, 0) is 9.53 Å². The van der Waals surface area contributed by atoms with Crippen LogP contribution in [0.1, 0.15) is 21.5 Å². The number of azo groups is 1. The van der Waals surface area contributed by atoms with Crippen LogP contribution in [0.2, 0.25) is 0 Å². The van der Waals surface area contributed by atoms with Gasteiger partial charge in [0, 0.05) is 16.7 Å². The number of nitrogens with zero attached hydrogens (tertiary/aromatic N) is 2. The van der Waals surface area contributed by atoms with Gasteiger partial charge in [0.15, 0.2) is 11.5 Å². The average Bonchev–Trinajstić information content (AvgIpc) is 3.07. The zero-order valence-electron chi connectivity index (χ0n) is 16.6. The summed E-state index contributed by atoms with van der Waals surface area (Å²) < 4.78 is 4.94. The van der Waals surface area contributed by atoms with Gasteiger partial charge in [0.1, 0.15) is 5.76 Å². The third kappa shape index (κ3) is 3.79. The average molecular weight is 410 g/mol. The highest BCUT2D eigenvalue weighted by molar-refractivity contribution is 6.29. The highest BCUT2D eigenvalue weighted by atomic mass is 16.5. The molecule has 1 aliphatic carbocycles. The second-order valence-electron chi connectivity index (χ2n) is 6.72. The van der Waals surface area contributed by atoms with Crippen LogP contribution in [0, 0.1) is 0 Å². The first kappa shape index (κ1) is 20.0. The number of esters is 1. The maximum atomic E-state index is 13.2. The smallest absolute Gasteiger partial charge is 0.359 e. The fraction of sp³-hybridized carbons (Fsp3) is 0.0400. The quantitative estimate of drug-likeness (QED) is 0.341. The second kappa shape index (κ2) is 8.59. The van der Waals surface area contributed by atoms with Crippen molar-refractivity contribution in [3.63, 3.8) is 0 Å². The van der Waals surface area contributed by atoms with Crippen LogP contribution < -0.4 is 0 Å². The minimum absolute atomic E-state index is 0.0141. The van der Waals surface area contributed by atoms with Crippen LogP contribution in [0.4, 0.5) is 5.69 Å². The van der Waals surface area contributed by atoms with Crippen molar-refractivity contribution in [1.82, 2.24) is 0 Å². The molecule has 0 bridgehead atoms. The summed E-state index contributed by atoms with van der Waals surface area (Å²) in [6.45, 7) is 0. The van der Waals surface area contributed by atoms with Gasteiger partial charge in [0.25, 0.3) is 0 Å². The number of aliphatic hydroxyl groups is 1. The van der Waals surface area contributed by atoms with E-state index in [1.807, 2.05) is 12.1 Å². The number of ether oxygens (including phenoxy) is 1. The monoisotopic (exact) mass is 410 g/mol. The SMILES string of the molecule is COC(=O)/C(N=Nc1ccccc1)=C(/C1=C(O)c2ccccc2C1=O)c1ccccc1. The molecule has 6 nitrogen and oxygen atoms in total. The molecule has 0 saturated heterocycles. The summed E-state index contributed by atoms with van der Waals surface area (Å²) >= 11 is 0. The van der Waals surface area contributed by atoms with Crippen molar-refractivity contribution in [3.8, 4) is 0 Å². The van der Waals surface area contributed by atoms with E-state index >= 15 is 0 Å². The molecular weight excluding hydrogens is 392 g/mol. The Morgan fingerprint density at radius 3 is 2.03 bits per heavy atom. The van der Waals surface area contributed by atoms with Crippen molar-refractivity contribution >= 4 is 28.8 Å². The first-order valence-corrected chi connectivity index (χ1v) is 9.54. The minimum atomic E-state index is -0.775. The van der Waals surface area contributed by atoms with Crippen molar-refractivity contribution in [2.75, 3.05) is 7.11 Å². The summed E-state index contributed by atoms with van der Waals surface area (Å²) in [5, 5.41) is 19.2. The topological polar surface area (TPSA) is 88.3 Å². The van der Waals surface area contributed by atoms with E-state index in [1.165, 1.54) is 7.11 Å². The molecule has 0 aliphatic heterocycles. The zero-order valence-corrected chi connectivity index (χ0v) is 16.6. The van der Waals surface area contributed by atoms with E-state index < -0.39 is 11.8 Å². The molecule has 0 fully saturated rings. The first-order valence-electron chi connectivity index (χ1n) is 9.54. The van der Waals surface area contributed by atoms with Gasteiger partial charge in [-0.1, -0.05) is 72.8 Å². The van der Waals surface area contributed by atoms with Crippen molar-refractivity contribution in [2.45, 2.75) is 0 Å². The number of hydrogen-bond acceptors (Lipinski definition) is 6. The van der Waals surface area contributed by atoms with E-state index in [4.69, 9.17) is 4.74 Å². The van der Waals surface area contributed by atoms with E-state index in [0.717, 1.165) is 0 Å². The van der Waals surface area contributed by atoms with Gasteiger partial charge in [-0.25, -0.2) is 4.79 Å². The molecule has 0 radical (unpaired) electrons. The van der Waals surface area contributed by atoms with Crippen LogP contribution in [0.5, 0.6) is 0 Å². The predicted octanol–water partition coefficient (Wildman–Crippen LogP) is 5.52. The Morgan fingerprint density at radius 2 is 1.42 bits per heavy atom. The van der Waals surface area contributed by atoms with Crippen LogP contribution in [0.25, 0.3) is 11.3 Å². The Morgan fingerprint density at radius 1 is 0.839 bits per heavy atom. The predicted molar refractivity (Wildman–Crippen MR) is 117 cm³/mol. The number of fused-ring (bicyclic) bond motifs is 1. The number of ketones is 1. The Bertz CT molecular complexity index is 1240.